The van der Waals surface area contributed by atoms with Crippen LogP contribution in [0.4, 0.5) is 5.69 Å². The lowest BCUT2D eigenvalue weighted by Crippen LogP contribution is -2.20. The molecule has 0 aliphatic rings. The van der Waals surface area contributed by atoms with E-state index < -0.39 is 0 Å². The second kappa shape index (κ2) is 10.4. The summed E-state index contributed by atoms with van der Waals surface area (Å²) >= 11 is 0. The van der Waals surface area contributed by atoms with Crippen LogP contribution >= 0.6 is 0 Å². The number of carbonyl (C=O) groups is 2. The zero-order chi connectivity index (χ0) is 23.1. The Kier molecular flexibility index (Phi) is 7.44. The predicted octanol–water partition coefficient (Wildman–Crippen LogP) is 4.35. The number of para-hydroxylation sites is 1. The Hall–Kier alpha value is -3.87. The average molecular weight is 434 g/mol. The molecule has 0 atom stereocenters. The van der Waals surface area contributed by atoms with Crippen molar-refractivity contribution in [1.29, 1.82) is 0 Å². The lowest BCUT2D eigenvalue weighted by molar-refractivity contribution is -0.118. The minimum absolute atomic E-state index is 0.107. The van der Waals surface area contributed by atoms with E-state index in [1.165, 1.54) is 6.08 Å². The molecule has 166 valence electrons. The molecule has 1 N–H and O–H groups in total. The standard InChI is InChI=1S/C25H27N3O4/c1-5-31-23-15-19(11-13-21(29)25-17(2)27-28(4)18(25)3)12-14-22(23)32-16-24(30)26-20-9-7-6-8-10-20/h6-15H,5,16H2,1-4H3,(H,26,30)/b13-11+. The Balaban J connectivity index is 1.69. The van der Waals surface area contributed by atoms with Crippen molar-refractivity contribution < 1.29 is 19.1 Å². The number of nitrogens with zero attached hydrogens (tertiary/aromatic N) is 2. The first-order chi connectivity index (χ1) is 15.4. The van der Waals surface area contributed by atoms with E-state index in [-0.39, 0.29) is 18.3 Å². The number of allylic oxidation sites excluding steroid dienone is 1. The van der Waals surface area contributed by atoms with Gasteiger partial charge in [-0.15, -0.1) is 0 Å². The first-order valence-electron chi connectivity index (χ1n) is 10.4. The summed E-state index contributed by atoms with van der Waals surface area (Å²) in [5, 5.41) is 7.06. The highest BCUT2D eigenvalue weighted by atomic mass is 16.5. The van der Waals surface area contributed by atoms with Crippen molar-refractivity contribution in [1.82, 2.24) is 9.78 Å². The molecule has 1 amide bonds. The monoisotopic (exact) mass is 433 g/mol. The number of hydrogen-bond acceptors (Lipinski definition) is 5. The quantitative estimate of drug-likeness (QED) is 0.401. The largest absolute Gasteiger partial charge is 0.490 e. The van der Waals surface area contributed by atoms with Gasteiger partial charge in [-0.25, -0.2) is 0 Å². The maximum atomic E-state index is 12.6. The van der Waals surface area contributed by atoms with Crippen LogP contribution in [0, 0.1) is 13.8 Å². The molecule has 0 aliphatic carbocycles. The zero-order valence-electron chi connectivity index (χ0n) is 18.7. The van der Waals surface area contributed by atoms with Gasteiger partial charge in [0.25, 0.3) is 5.91 Å². The molecule has 3 aromatic rings. The van der Waals surface area contributed by atoms with Gasteiger partial charge >= 0.3 is 0 Å². The molecule has 0 bridgehead atoms. The molecule has 1 aromatic heterocycles. The van der Waals surface area contributed by atoms with Crippen LogP contribution in [0.25, 0.3) is 6.08 Å². The molecule has 2 aromatic carbocycles. The highest BCUT2D eigenvalue weighted by molar-refractivity contribution is 6.08. The maximum Gasteiger partial charge on any atom is 0.262 e. The second-order valence-electron chi connectivity index (χ2n) is 7.21. The number of aromatic nitrogens is 2. The summed E-state index contributed by atoms with van der Waals surface area (Å²) in [6, 6.07) is 14.5. The van der Waals surface area contributed by atoms with Crippen molar-refractivity contribution in [3.63, 3.8) is 0 Å². The third-order valence-electron chi connectivity index (χ3n) is 4.87. The molecule has 0 aliphatic heterocycles. The summed E-state index contributed by atoms with van der Waals surface area (Å²) in [7, 11) is 1.82. The van der Waals surface area contributed by atoms with Gasteiger partial charge in [-0.2, -0.15) is 5.10 Å². The van der Waals surface area contributed by atoms with Gasteiger partial charge in [0.1, 0.15) is 0 Å². The van der Waals surface area contributed by atoms with Gasteiger partial charge < -0.3 is 14.8 Å². The minimum atomic E-state index is -0.268. The van der Waals surface area contributed by atoms with Gasteiger partial charge in [-0.05, 0) is 56.7 Å². The summed E-state index contributed by atoms with van der Waals surface area (Å²) in [4.78, 5) is 24.8. The number of aryl methyl sites for hydroxylation is 2. The Morgan fingerprint density at radius 1 is 1.06 bits per heavy atom. The molecule has 0 saturated carbocycles. The van der Waals surface area contributed by atoms with Crippen molar-refractivity contribution in [2.75, 3.05) is 18.5 Å². The Morgan fingerprint density at radius 3 is 2.47 bits per heavy atom. The van der Waals surface area contributed by atoms with Gasteiger partial charge in [0.15, 0.2) is 23.9 Å². The summed E-state index contributed by atoms with van der Waals surface area (Å²) in [5.74, 6) is 0.584. The first kappa shape index (κ1) is 22.8. The number of amides is 1. The molecule has 0 fully saturated rings. The van der Waals surface area contributed by atoms with Gasteiger partial charge in [-0.1, -0.05) is 30.3 Å². The molecule has 0 unspecified atom stereocenters. The third kappa shape index (κ3) is 5.63. The van der Waals surface area contributed by atoms with Gasteiger partial charge in [-0.3, -0.25) is 14.3 Å². The summed E-state index contributed by atoms with van der Waals surface area (Å²) in [6.07, 6.45) is 3.25. The normalized spacial score (nSPS) is 10.9. The molecule has 0 radical (unpaired) electrons. The number of rotatable bonds is 9. The number of hydrogen-bond donors (Lipinski definition) is 1. The molecule has 32 heavy (non-hydrogen) atoms. The van der Waals surface area contributed by atoms with Crippen molar-refractivity contribution in [2.45, 2.75) is 20.8 Å². The molecular weight excluding hydrogens is 406 g/mol. The van der Waals surface area contributed by atoms with Crippen LogP contribution in [-0.4, -0.2) is 34.7 Å². The number of anilines is 1. The smallest absolute Gasteiger partial charge is 0.262 e. The van der Waals surface area contributed by atoms with Crippen molar-refractivity contribution in [2.24, 2.45) is 7.05 Å². The third-order valence-corrected chi connectivity index (χ3v) is 4.87. The molecular formula is C25H27N3O4. The fraction of sp³-hybridized carbons (Fsp3) is 0.240. The van der Waals surface area contributed by atoms with E-state index in [1.807, 2.05) is 46.0 Å². The van der Waals surface area contributed by atoms with E-state index in [0.717, 1.165) is 11.3 Å². The van der Waals surface area contributed by atoms with Gasteiger partial charge in [0, 0.05) is 18.4 Å². The fourth-order valence-corrected chi connectivity index (χ4v) is 3.26. The Labute approximate surface area is 187 Å². The highest BCUT2D eigenvalue weighted by Crippen LogP contribution is 2.29. The number of benzene rings is 2. The van der Waals surface area contributed by atoms with E-state index >= 15 is 0 Å². The predicted molar refractivity (Wildman–Crippen MR) is 124 cm³/mol. The van der Waals surface area contributed by atoms with Crippen LogP contribution in [0.3, 0.4) is 0 Å². The maximum absolute atomic E-state index is 12.6. The first-order valence-corrected chi connectivity index (χ1v) is 10.4. The fourth-order valence-electron chi connectivity index (χ4n) is 3.26. The van der Waals surface area contributed by atoms with Crippen molar-refractivity contribution >= 4 is 23.5 Å². The summed E-state index contributed by atoms with van der Waals surface area (Å²) in [6.45, 7) is 5.84. The van der Waals surface area contributed by atoms with Crippen LogP contribution in [0.5, 0.6) is 11.5 Å². The molecule has 1 heterocycles. The Morgan fingerprint density at radius 2 is 1.81 bits per heavy atom. The molecule has 7 nitrogen and oxygen atoms in total. The number of ketones is 1. The van der Waals surface area contributed by atoms with Crippen LogP contribution in [0.15, 0.2) is 54.6 Å². The summed E-state index contributed by atoms with van der Waals surface area (Å²) < 4.78 is 13.0. The van der Waals surface area contributed by atoms with Crippen molar-refractivity contribution in [3.05, 3.63) is 77.1 Å². The van der Waals surface area contributed by atoms with E-state index in [1.54, 1.807) is 41.1 Å². The average Bonchev–Trinajstić information content (AvgIpc) is 3.03. The number of ether oxygens (including phenoxy) is 2. The minimum Gasteiger partial charge on any atom is -0.490 e. The van der Waals surface area contributed by atoms with Gasteiger partial charge in [0.2, 0.25) is 0 Å². The number of nitrogens with one attached hydrogen (secondary N) is 1. The molecule has 0 saturated heterocycles. The van der Waals surface area contributed by atoms with E-state index in [9.17, 15) is 9.59 Å². The van der Waals surface area contributed by atoms with Crippen LogP contribution in [0.1, 0.15) is 34.2 Å². The molecule has 0 spiro atoms. The van der Waals surface area contributed by atoms with E-state index in [0.29, 0.717) is 35.1 Å². The van der Waals surface area contributed by atoms with Crippen LogP contribution in [-0.2, 0) is 11.8 Å². The van der Waals surface area contributed by atoms with Gasteiger partial charge in [0.05, 0.1) is 17.9 Å². The lowest BCUT2D eigenvalue weighted by atomic mass is 10.1. The SMILES string of the molecule is CCOc1cc(/C=C/C(=O)c2c(C)nn(C)c2C)ccc1OCC(=O)Nc1ccccc1. The van der Waals surface area contributed by atoms with Crippen LogP contribution in [0.2, 0.25) is 0 Å². The zero-order valence-corrected chi connectivity index (χ0v) is 18.7. The molecule has 7 heteroatoms. The summed E-state index contributed by atoms with van der Waals surface area (Å²) in [5.41, 5.74) is 3.62. The molecule has 3 rings (SSSR count). The second-order valence-corrected chi connectivity index (χ2v) is 7.21. The van der Waals surface area contributed by atoms with Crippen molar-refractivity contribution in [3.8, 4) is 11.5 Å². The van der Waals surface area contributed by atoms with Crippen LogP contribution < -0.4 is 14.8 Å². The Bertz CT molecular complexity index is 1130. The highest BCUT2D eigenvalue weighted by Gasteiger charge is 2.15. The lowest BCUT2D eigenvalue weighted by Gasteiger charge is -2.12. The van der Waals surface area contributed by atoms with E-state index in [4.69, 9.17) is 9.47 Å². The number of carbonyl (C=O) groups excluding carboxylic acids is 2. The topological polar surface area (TPSA) is 82.4 Å². The van der Waals surface area contributed by atoms with E-state index in [2.05, 4.69) is 10.4 Å².